The van der Waals surface area contributed by atoms with Gasteiger partial charge in [-0.25, -0.2) is 0 Å². The second-order valence-corrected chi connectivity index (χ2v) is 7.17. The summed E-state index contributed by atoms with van der Waals surface area (Å²) < 4.78 is 1.15. The van der Waals surface area contributed by atoms with E-state index in [0.29, 0.717) is 24.6 Å². The van der Waals surface area contributed by atoms with E-state index in [2.05, 4.69) is 12.2 Å². The Hall–Kier alpha value is -1.01. The molecule has 1 atom stereocenters. The van der Waals surface area contributed by atoms with Crippen molar-refractivity contribution in [3.8, 4) is 0 Å². The number of hydrogen-bond acceptors (Lipinski definition) is 4. The third kappa shape index (κ3) is 8.78. The molecule has 1 heterocycles. The summed E-state index contributed by atoms with van der Waals surface area (Å²) in [7, 11) is 0. The van der Waals surface area contributed by atoms with Gasteiger partial charge in [-0.1, -0.05) is 25.8 Å². The number of carboxylic acids is 1. The molecule has 1 unspecified atom stereocenters. The number of amides is 1. The van der Waals surface area contributed by atoms with E-state index in [0.717, 1.165) is 23.5 Å². The van der Waals surface area contributed by atoms with Gasteiger partial charge in [0, 0.05) is 13.0 Å². The third-order valence-electron chi connectivity index (χ3n) is 3.18. The highest BCUT2D eigenvalue weighted by Crippen LogP contribution is 2.23. The Labute approximate surface area is 134 Å². The maximum absolute atomic E-state index is 11.7. The summed E-state index contributed by atoms with van der Waals surface area (Å²) in [5, 5.41) is 13.7. The maximum Gasteiger partial charge on any atom is 0.303 e. The van der Waals surface area contributed by atoms with E-state index in [1.807, 2.05) is 17.5 Å². The first kappa shape index (κ1) is 18.0. The van der Waals surface area contributed by atoms with E-state index in [1.54, 1.807) is 23.1 Å². The molecule has 118 valence electrons. The van der Waals surface area contributed by atoms with Crippen LogP contribution < -0.4 is 5.32 Å². The number of rotatable bonds is 11. The van der Waals surface area contributed by atoms with Gasteiger partial charge in [0.25, 0.3) is 0 Å². The minimum atomic E-state index is -0.743. The first-order chi connectivity index (χ1) is 10.1. The van der Waals surface area contributed by atoms with Crippen LogP contribution in [-0.2, 0) is 9.59 Å². The summed E-state index contributed by atoms with van der Waals surface area (Å²) in [4.78, 5) is 22.3. The predicted octanol–water partition coefficient (Wildman–Crippen LogP) is 3.63. The van der Waals surface area contributed by atoms with Crippen molar-refractivity contribution in [2.24, 2.45) is 5.92 Å². The Morgan fingerprint density at radius 2 is 2.19 bits per heavy atom. The van der Waals surface area contributed by atoms with Crippen LogP contribution in [0.1, 0.15) is 39.0 Å². The minimum Gasteiger partial charge on any atom is -0.481 e. The number of hydrogen-bond donors (Lipinski definition) is 2. The smallest absolute Gasteiger partial charge is 0.303 e. The molecule has 0 spiro atoms. The SMILES string of the molecule is CCCC(CCNC(=O)CSc1cccs1)CCC(=O)O. The third-order valence-corrected chi connectivity index (χ3v) is 5.31. The molecule has 0 bridgehead atoms. The average molecular weight is 329 g/mol. The Kier molecular flexibility index (Phi) is 9.17. The Morgan fingerprint density at radius 3 is 2.81 bits per heavy atom. The largest absolute Gasteiger partial charge is 0.481 e. The van der Waals surface area contributed by atoms with Crippen LogP contribution in [-0.4, -0.2) is 29.3 Å². The summed E-state index contributed by atoms with van der Waals surface area (Å²) in [6.07, 6.45) is 3.84. The van der Waals surface area contributed by atoms with Gasteiger partial charge in [-0.15, -0.1) is 23.1 Å². The molecule has 0 aliphatic carbocycles. The lowest BCUT2D eigenvalue weighted by Crippen LogP contribution is -2.27. The molecule has 6 heteroatoms. The van der Waals surface area contributed by atoms with E-state index in [9.17, 15) is 9.59 Å². The highest BCUT2D eigenvalue weighted by Gasteiger charge is 2.11. The van der Waals surface area contributed by atoms with Crippen LogP contribution in [0.5, 0.6) is 0 Å². The van der Waals surface area contributed by atoms with Gasteiger partial charge in [-0.05, 0) is 30.2 Å². The molecule has 0 saturated heterocycles. The fraction of sp³-hybridized carbons (Fsp3) is 0.600. The van der Waals surface area contributed by atoms with E-state index < -0.39 is 5.97 Å². The van der Waals surface area contributed by atoms with Gasteiger partial charge >= 0.3 is 5.97 Å². The molecule has 1 amide bonds. The molecule has 0 aliphatic rings. The van der Waals surface area contributed by atoms with Gasteiger partial charge < -0.3 is 10.4 Å². The molecule has 0 aliphatic heterocycles. The van der Waals surface area contributed by atoms with Crippen molar-refractivity contribution in [1.82, 2.24) is 5.32 Å². The molecular weight excluding hydrogens is 306 g/mol. The lowest BCUT2D eigenvalue weighted by Gasteiger charge is -2.15. The summed E-state index contributed by atoms with van der Waals surface area (Å²) >= 11 is 3.18. The standard InChI is InChI=1S/C15H23NO3S2/c1-2-4-12(6-7-14(18)19)8-9-16-13(17)11-21-15-5-3-10-20-15/h3,5,10,12H,2,4,6-9,11H2,1H3,(H,16,17)(H,18,19). The fourth-order valence-electron chi connectivity index (χ4n) is 2.12. The predicted molar refractivity (Wildman–Crippen MR) is 87.9 cm³/mol. The Morgan fingerprint density at radius 1 is 1.38 bits per heavy atom. The van der Waals surface area contributed by atoms with Gasteiger partial charge in [0.2, 0.25) is 5.91 Å². The van der Waals surface area contributed by atoms with Crippen LogP contribution >= 0.6 is 23.1 Å². The molecule has 0 fully saturated rings. The lowest BCUT2D eigenvalue weighted by molar-refractivity contribution is -0.137. The summed E-state index contributed by atoms with van der Waals surface area (Å²) in [6, 6.07) is 3.98. The molecule has 1 aromatic rings. The van der Waals surface area contributed by atoms with E-state index >= 15 is 0 Å². The number of carbonyl (C=O) groups excluding carboxylic acids is 1. The lowest BCUT2D eigenvalue weighted by atomic mass is 9.94. The number of carbonyl (C=O) groups is 2. The normalized spacial score (nSPS) is 12.0. The molecule has 0 saturated carbocycles. The monoisotopic (exact) mass is 329 g/mol. The highest BCUT2D eigenvalue weighted by atomic mass is 32.2. The van der Waals surface area contributed by atoms with Gasteiger partial charge in [0.1, 0.15) is 0 Å². The number of thiophene rings is 1. The van der Waals surface area contributed by atoms with Crippen molar-refractivity contribution in [3.05, 3.63) is 17.5 Å². The topological polar surface area (TPSA) is 66.4 Å². The van der Waals surface area contributed by atoms with Crippen molar-refractivity contribution in [2.75, 3.05) is 12.3 Å². The van der Waals surface area contributed by atoms with Crippen LogP contribution in [0.15, 0.2) is 21.7 Å². The van der Waals surface area contributed by atoms with Crippen LogP contribution in [0, 0.1) is 5.92 Å². The van der Waals surface area contributed by atoms with Crippen LogP contribution in [0.4, 0.5) is 0 Å². The second kappa shape index (κ2) is 10.7. The average Bonchev–Trinajstić information content (AvgIpc) is 2.95. The van der Waals surface area contributed by atoms with Crippen LogP contribution in [0.3, 0.4) is 0 Å². The zero-order valence-electron chi connectivity index (χ0n) is 12.3. The highest BCUT2D eigenvalue weighted by molar-refractivity contribution is 8.01. The number of aliphatic carboxylic acids is 1. The van der Waals surface area contributed by atoms with Crippen molar-refractivity contribution >= 4 is 35.0 Å². The van der Waals surface area contributed by atoms with E-state index in [-0.39, 0.29) is 12.3 Å². The quantitative estimate of drug-likeness (QED) is 0.608. The Bertz CT molecular complexity index is 421. The first-order valence-corrected chi connectivity index (χ1v) is 9.13. The fourth-order valence-corrected chi connectivity index (χ4v) is 3.73. The molecule has 4 nitrogen and oxygen atoms in total. The van der Waals surface area contributed by atoms with Crippen molar-refractivity contribution in [3.63, 3.8) is 0 Å². The first-order valence-electron chi connectivity index (χ1n) is 7.26. The molecule has 0 aromatic carbocycles. The molecule has 1 rings (SSSR count). The van der Waals surface area contributed by atoms with Crippen molar-refractivity contribution in [2.45, 2.75) is 43.2 Å². The number of nitrogens with one attached hydrogen (secondary N) is 1. The zero-order valence-corrected chi connectivity index (χ0v) is 14.0. The minimum absolute atomic E-state index is 0.0434. The summed E-state index contributed by atoms with van der Waals surface area (Å²) in [5.74, 6) is 0.124. The zero-order chi connectivity index (χ0) is 15.5. The van der Waals surface area contributed by atoms with E-state index in [1.165, 1.54) is 0 Å². The van der Waals surface area contributed by atoms with Gasteiger partial charge in [0.05, 0.1) is 9.96 Å². The van der Waals surface area contributed by atoms with E-state index in [4.69, 9.17) is 5.11 Å². The molecule has 0 radical (unpaired) electrons. The number of thioether (sulfide) groups is 1. The maximum atomic E-state index is 11.7. The van der Waals surface area contributed by atoms with Gasteiger partial charge in [0.15, 0.2) is 0 Å². The summed E-state index contributed by atoms with van der Waals surface area (Å²) in [5.41, 5.74) is 0. The number of carboxylic acid groups (broad SMARTS) is 1. The van der Waals surface area contributed by atoms with Crippen molar-refractivity contribution < 1.29 is 14.7 Å². The second-order valence-electron chi connectivity index (χ2n) is 4.95. The van der Waals surface area contributed by atoms with Crippen molar-refractivity contribution in [1.29, 1.82) is 0 Å². The molecule has 2 N–H and O–H groups in total. The Balaban J connectivity index is 2.16. The molecule has 21 heavy (non-hydrogen) atoms. The van der Waals surface area contributed by atoms with Crippen LogP contribution in [0.2, 0.25) is 0 Å². The summed E-state index contributed by atoms with van der Waals surface area (Å²) in [6.45, 7) is 2.73. The van der Waals surface area contributed by atoms with Gasteiger partial charge in [-0.3, -0.25) is 9.59 Å². The molecule has 1 aromatic heterocycles. The molecular formula is C15H23NO3S2. The van der Waals surface area contributed by atoms with Crippen LogP contribution in [0.25, 0.3) is 0 Å². The van der Waals surface area contributed by atoms with Gasteiger partial charge in [-0.2, -0.15) is 0 Å².